The number of hydrogen-bond acceptors (Lipinski definition) is 4. The van der Waals surface area contributed by atoms with E-state index in [2.05, 4.69) is 70.0 Å². The van der Waals surface area contributed by atoms with Crippen LogP contribution in [-0.4, -0.2) is 23.1 Å². The lowest BCUT2D eigenvalue weighted by Gasteiger charge is -2.09. The van der Waals surface area contributed by atoms with Gasteiger partial charge in [0.15, 0.2) is 0 Å². The molecule has 0 saturated heterocycles. The van der Waals surface area contributed by atoms with Crippen LogP contribution in [-0.2, 0) is 0 Å². The first-order valence-corrected chi connectivity index (χ1v) is 14.5. The molecule has 6 nitrogen and oxygen atoms in total. The molecule has 2 N–H and O–H groups in total. The largest absolute Gasteiger partial charge is 0.422 e. The van der Waals surface area contributed by atoms with Crippen LogP contribution < -0.4 is 10.2 Å². The molecule has 5 rings (SSSR count). The van der Waals surface area contributed by atoms with Crippen molar-refractivity contribution in [3.05, 3.63) is 119 Å². The van der Waals surface area contributed by atoms with Gasteiger partial charge in [-0.25, -0.2) is 10.2 Å². The first-order valence-electron chi connectivity index (χ1n) is 11.5. The van der Waals surface area contributed by atoms with Crippen molar-refractivity contribution in [2.45, 2.75) is 0 Å². The maximum absolute atomic E-state index is 13.4. The quantitative estimate of drug-likeness (QED) is 0.0596. The highest BCUT2D eigenvalue weighted by Crippen LogP contribution is 2.38. The number of rotatable bonds is 6. The van der Waals surface area contributed by atoms with Crippen molar-refractivity contribution in [1.82, 2.24) is 10.4 Å². The van der Waals surface area contributed by atoms with Gasteiger partial charge in [-0.1, -0.05) is 73.8 Å². The highest BCUT2D eigenvalue weighted by molar-refractivity contribution is 14.1. The van der Waals surface area contributed by atoms with Gasteiger partial charge in [0.05, 0.1) is 17.3 Å². The number of esters is 1. The number of aromatic amines is 1. The van der Waals surface area contributed by atoms with E-state index in [1.165, 1.54) is 6.21 Å². The molecule has 0 bridgehead atoms. The molecule has 0 aliphatic rings. The van der Waals surface area contributed by atoms with Crippen molar-refractivity contribution in [3.63, 3.8) is 0 Å². The van der Waals surface area contributed by atoms with Crippen LogP contribution in [0.1, 0.15) is 26.4 Å². The summed E-state index contributed by atoms with van der Waals surface area (Å²) in [6.45, 7) is 0. The molecule has 5 aromatic rings. The smallest absolute Gasteiger partial charge is 0.343 e. The average Bonchev–Trinajstić information content (AvgIpc) is 3.31. The summed E-state index contributed by atoms with van der Waals surface area (Å²) in [6.07, 6.45) is 1.43. The highest BCUT2D eigenvalue weighted by Gasteiger charge is 2.21. The van der Waals surface area contributed by atoms with Gasteiger partial charge in [0, 0.05) is 39.6 Å². The Morgan fingerprint density at radius 2 is 1.69 bits per heavy atom. The maximum Gasteiger partial charge on any atom is 0.343 e. The first-order chi connectivity index (χ1) is 18.8. The van der Waals surface area contributed by atoms with E-state index in [0.29, 0.717) is 33.2 Å². The second kappa shape index (κ2) is 12.0. The fourth-order valence-electron chi connectivity index (χ4n) is 3.97. The molecule has 0 spiro atoms. The topological polar surface area (TPSA) is 83.5 Å². The molecule has 1 aromatic heterocycles. The van der Waals surface area contributed by atoms with Crippen LogP contribution in [0, 0.1) is 3.57 Å². The molecule has 1 amide bonds. The zero-order valence-electron chi connectivity index (χ0n) is 19.8. The molecule has 0 radical (unpaired) electrons. The van der Waals surface area contributed by atoms with Gasteiger partial charge in [-0.15, -0.1) is 0 Å². The summed E-state index contributed by atoms with van der Waals surface area (Å²) in [4.78, 5) is 29.3. The molecule has 4 aromatic carbocycles. The minimum atomic E-state index is -0.513. The van der Waals surface area contributed by atoms with Crippen LogP contribution in [0.15, 0.2) is 99.0 Å². The van der Waals surface area contributed by atoms with Crippen molar-refractivity contribution in [2.24, 2.45) is 5.10 Å². The number of carbonyl (C=O) groups is 2. The number of ether oxygens (including phenoxy) is 1. The van der Waals surface area contributed by atoms with E-state index in [-0.39, 0.29) is 0 Å². The number of hydrazone groups is 1. The number of nitrogens with zero attached hydrogens (tertiary/aromatic N) is 1. The SMILES string of the molecule is O=C(Oc1ccc(Br)cc1C=NNC(=O)c1[nH]c2c(I)cccc2c1-c1ccccc1Cl)c1ccc(Br)cc1. The normalized spacial score (nSPS) is 11.2. The number of para-hydroxylation sites is 1. The Labute approximate surface area is 259 Å². The Balaban J connectivity index is 1.43. The zero-order chi connectivity index (χ0) is 27.5. The molecule has 0 saturated carbocycles. The highest BCUT2D eigenvalue weighted by atomic mass is 127. The summed E-state index contributed by atoms with van der Waals surface area (Å²) in [7, 11) is 0. The summed E-state index contributed by atoms with van der Waals surface area (Å²) in [5.74, 6) is -0.668. The second-order valence-electron chi connectivity index (χ2n) is 8.29. The summed E-state index contributed by atoms with van der Waals surface area (Å²) in [5, 5.41) is 5.57. The number of nitrogens with one attached hydrogen (secondary N) is 2. The Morgan fingerprint density at radius 1 is 0.949 bits per heavy atom. The number of hydrogen-bond donors (Lipinski definition) is 2. The van der Waals surface area contributed by atoms with Gasteiger partial charge in [-0.05, 0) is 77.2 Å². The van der Waals surface area contributed by atoms with Gasteiger partial charge < -0.3 is 9.72 Å². The third-order valence-corrected chi connectivity index (χ3v) is 8.03. The summed E-state index contributed by atoms with van der Waals surface area (Å²) in [5.41, 5.74) is 6.06. The number of carbonyl (C=O) groups excluding carboxylic acids is 2. The van der Waals surface area contributed by atoms with Crippen LogP contribution in [0.3, 0.4) is 0 Å². The summed E-state index contributed by atoms with van der Waals surface area (Å²) in [6, 6.07) is 25.2. The molecule has 1 heterocycles. The van der Waals surface area contributed by atoms with Gasteiger partial charge in [-0.3, -0.25) is 4.79 Å². The van der Waals surface area contributed by atoms with Gasteiger partial charge in [0.2, 0.25) is 0 Å². The first kappa shape index (κ1) is 27.6. The van der Waals surface area contributed by atoms with E-state index >= 15 is 0 Å². The van der Waals surface area contributed by atoms with E-state index in [9.17, 15) is 9.59 Å². The molecular weight excluding hydrogens is 761 g/mol. The molecule has 0 unspecified atom stereocenters. The minimum Gasteiger partial charge on any atom is -0.422 e. The Hall–Kier alpha value is -2.99. The van der Waals surface area contributed by atoms with Gasteiger partial charge in [0.25, 0.3) is 5.91 Å². The standard InChI is InChI=1S/C29H17Br2ClIN3O3/c30-18-10-8-16(9-11-18)29(38)39-24-13-12-19(31)14-17(24)15-34-36-28(37)27-25(20-4-1-2-6-22(20)32)21-5-3-7-23(33)26(21)35-27/h1-15,35H,(H,36,37). The number of fused-ring (bicyclic) bond motifs is 1. The van der Waals surface area contributed by atoms with Crippen molar-refractivity contribution in [1.29, 1.82) is 0 Å². The second-order valence-corrected chi connectivity index (χ2v) is 11.7. The van der Waals surface area contributed by atoms with Crippen LogP contribution in [0.25, 0.3) is 22.0 Å². The molecule has 10 heteroatoms. The monoisotopic (exact) mass is 775 g/mol. The lowest BCUT2D eigenvalue weighted by molar-refractivity contribution is 0.0734. The number of H-pyrrole nitrogens is 1. The number of amides is 1. The maximum atomic E-state index is 13.4. The van der Waals surface area contributed by atoms with Crippen LogP contribution >= 0.6 is 66.1 Å². The van der Waals surface area contributed by atoms with Gasteiger partial charge in [-0.2, -0.15) is 5.10 Å². The van der Waals surface area contributed by atoms with Crippen molar-refractivity contribution in [2.75, 3.05) is 0 Å². The third kappa shape index (κ3) is 6.11. The average molecular weight is 778 g/mol. The van der Waals surface area contributed by atoms with Crippen molar-refractivity contribution < 1.29 is 14.3 Å². The van der Waals surface area contributed by atoms with Crippen molar-refractivity contribution >= 4 is 95.0 Å². The summed E-state index contributed by atoms with van der Waals surface area (Å²) >= 11 is 15.5. The fraction of sp³-hybridized carbons (Fsp3) is 0. The molecule has 0 atom stereocenters. The zero-order valence-corrected chi connectivity index (χ0v) is 25.9. The van der Waals surface area contributed by atoms with E-state index in [0.717, 1.165) is 29.0 Å². The summed E-state index contributed by atoms with van der Waals surface area (Å²) < 4.78 is 8.19. The molecule has 0 fully saturated rings. The predicted octanol–water partition coefficient (Wildman–Crippen LogP) is 8.60. The molecular formula is C29H17Br2ClIN3O3. The molecule has 194 valence electrons. The van der Waals surface area contributed by atoms with E-state index in [1.54, 1.807) is 48.5 Å². The van der Waals surface area contributed by atoms with E-state index in [1.807, 2.05) is 36.4 Å². The van der Waals surface area contributed by atoms with Gasteiger partial charge >= 0.3 is 5.97 Å². The Kier molecular flexibility index (Phi) is 8.51. The lowest BCUT2D eigenvalue weighted by Crippen LogP contribution is -2.19. The third-order valence-electron chi connectivity index (χ3n) is 5.78. The Bertz CT molecular complexity index is 1750. The van der Waals surface area contributed by atoms with Crippen LogP contribution in [0.4, 0.5) is 0 Å². The van der Waals surface area contributed by atoms with E-state index < -0.39 is 11.9 Å². The minimum absolute atomic E-state index is 0.293. The number of aromatic nitrogens is 1. The Morgan fingerprint density at radius 3 is 2.46 bits per heavy atom. The number of benzene rings is 4. The number of halogens is 4. The van der Waals surface area contributed by atoms with Crippen LogP contribution in [0.5, 0.6) is 5.75 Å². The fourth-order valence-corrected chi connectivity index (χ4v) is 5.48. The predicted molar refractivity (Wildman–Crippen MR) is 170 cm³/mol. The lowest BCUT2D eigenvalue weighted by atomic mass is 10.0. The molecule has 39 heavy (non-hydrogen) atoms. The van der Waals surface area contributed by atoms with Gasteiger partial charge in [0.1, 0.15) is 11.4 Å². The van der Waals surface area contributed by atoms with Crippen LogP contribution in [0.2, 0.25) is 5.02 Å². The molecule has 0 aliphatic heterocycles. The molecule has 0 aliphatic carbocycles. The van der Waals surface area contributed by atoms with Crippen molar-refractivity contribution in [3.8, 4) is 16.9 Å². The van der Waals surface area contributed by atoms with E-state index in [4.69, 9.17) is 16.3 Å².